The van der Waals surface area contributed by atoms with E-state index in [1.807, 2.05) is 43.3 Å². The lowest BCUT2D eigenvalue weighted by molar-refractivity contribution is -0.139. The van der Waals surface area contributed by atoms with E-state index in [1.165, 1.54) is 16.9 Å². The maximum atomic E-state index is 13.9. The molecular formula is C30H33BrN2O4S. The Morgan fingerprint density at radius 3 is 2.47 bits per heavy atom. The third-order valence-corrected chi connectivity index (χ3v) is 7.97. The van der Waals surface area contributed by atoms with E-state index in [0.717, 1.165) is 27.8 Å². The van der Waals surface area contributed by atoms with Crippen LogP contribution in [-0.2, 0) is 9.53 Å². The number of hydrogen-bond acceptors (Lipinski definition) is 6. The summed E-state index contributed by atoms with van der Waals surface area (Å²) in [6, 6.07) is 13.3. The van der Waals surface area contributed by atoms with E-state index in [-0.39, 0.29) is 12.2 Å². The normalized spacial score (nSPS) is 15.4. The van der Waals surface area contributed by atoms with Crippen LogP contribution in [0.25, 0.3) is 6.08 Å². The SMILES string of the molecule is CCCC1=C(C(=O)OCC)[C@H](c2ccc(C(C)C)cc2)n2c(s/c(=C\c3ccc(OCC)c(Br)c3)c2=O)=N1. The van der Waals surface area contributed by atoms with Crippen LogP contribution in [0, 0.1) is 0 Å². The number of benzene rings is 2. The Labute approximate surface area is 235 Å². The first-order valence-corrected chi connectivity index (χ1v) is 14.6. The van der Waals surface area contributed by atoms with Crippen LogP contribution in [0.3, 0.4) is 0 Å². The average molecular weight is 598 g/mol. The van der Waals surface area contributed by atoms with Crippen LogP contribution in [0.15, 0.2) is 68.0 Å². The molecule has 0 N–H and O–H groups in total. The fourth-order valence-corrected chi connectivity index (χ4v) is 6.06. The van der Waals surface area contributed by atoms with Crippen LogP contribution in [0.2, 0.25) is 0 Å². The van der Waals surface area contributed by atoms with Crippen LogP contribution < -0.4 is 19.6 Å². The monoisotopic (exact) mass is 596 g/mol. The maximum Gasteiger partial charge on any atom is 0.338 e. The number of halogens is 1. The highest BCUT2D eigenvalue weighted by Crippen LogP contribution is 2.33. The van der Waals surface area contributed by atoms with Crippen molar-refractivity contribution in [2.24, 2.45) is 4.99 Å². The van der Waals surface area contributed by atoms with Crippen LogP contribution in [-0.4, -0.2) is 23.8 Å². The Hall–Kier alpha value is -2.97. The van der Waals surface area contributed by atoms with Gasteiger partial charge in [0.1, 0.15) is 5.75 Å². The molecule has 1 aliphatic rings. The molecule has 2 heterocycles. The molecule has 8 heteroatoms. The van der Waals surface area contributed by atoms with E-state index < -0.39 is 12.0 Å². The molecule has 0 aliphatic carbocycles. The smallest absolute Gasteiger partial charge is 0.338 e. The van der Waals surface area contributed by atoms with Crippen LogP contribution in [0.1, 0.15) is 76.1 Å². The van der Waals surface area contributed by atoms with Crippen molar-refractivity contribution in [3.8, 4) is 5.75 Å². The summed E-state index contributed by atoms with van der Waals surface area (Å²) >= 11 is 4.89. The third-order valence-electron chi connectivity index (χ3n) is 6.36. The molecule has 200 valence electrons. The number of aromatic nitrogens is 1. The Morgan fingerprint density at radius 2 is 1.87 bits per heavy atom. The molecule has 3 aromatic rings. The average Bonchev–Trinajstić information content (AvgIpc) is 3.19. The second-order valence-corrected chi connectivity index (χ2v) is 11.2. The zero-order valence-electron chi connectivity index (χ0n) is 22.4. The van der Waals surface area contributed by atoms with Crippen molar-refractivity contribution in [2.45, 2.75) is 59.4 Å². The molecule has 38 heavy (non-hydrogen) atoms. The highest BCUT2D eigenvalue weighted by atomic mass is 79.9. The molecule has 0 spiro atoms. The molecule has 0 saturated heterocycles. The predicted molar refractivity (Wildman–Crippen MR) is 155 cm³/mol. The van der Waals surface area contributed by atoms with E-state index in [1.54, 1.807) is 11.5 Å². The Balaban J connectivity index is 1.93. The van der Waals surface area contributed by atoms with E-state index >= 15 is 0 Å². The quantitative estimate of drug-likeness (QED) is 0.290. The molecule has 0 bridgehead atoms. The van der Waals surface area contributed by atoms with Gasteiger partial charge in [0.25, 0.3) is 5.56 Å². The number of nitrogens with zero attached hydrogens (tertiary/aromatic N) is 2. The second-order valence-electron chi connectivity index (χ2n) is 9.36. The van der Waals surface area contributed by atoms with Crippen LogP contribution in [0.5, 0.6) is 5.75 Å². The number of thiazole rings is 1. The van der Waals surface area contributed by atoms with Gasteiger partial charge in [0.15, 0.2) is 4.80 Å². The van der Waals surface area contributed by atoms with Crippen molar-refractivity contribution >= 4 is 39.3 Å². The summed E-state index contributed by atoms with van der Waals surface area (Å²) in [5, 5.41) is 0. The molecule has 2 aromatic carbocycles. The first-order chi connectivity index (χ1) is 18.3. The zero-order chi connectivity index (χ0) is 27.4. The fourth-order valence-electron chi connectivity index (χ4n) is 4.53. The van der Waals surface area contributed by atoms with Crippen molar-refractivity contribution in [3.05, 3.63) is 94.6 Å². The minimum atomic E-state index is -0.609. The lowest BCUT2D eigenvalue weighted by Gasteiger charge is -2.26. The molecule has 0 fully saturated rings. The fraction of sp³-hybridized carbons (Fsp3) is 0.367. The number of fused-ring (bicyclic) bond motifs is 1. The van der Waals surface area contributed by atoms with Crippen molar-refractivity contribution in [2.75, 3.05) is 13.2 Å². The molecule has 0 radical (unpaired) electrons. The first kappa shape index (κ1) is 28.0. The van der Waals surface area contributed by atoms with Crippen molar-refractivity contribution in [3.63, 3.8) is 0 Å². The Bertz CT molecular complexity index is 1530. The van der Waals surface area contributed by atoms with Gasteiger partial charge in [-0.05, 0) is 77.0 Å². The summed E-state index contributed by atoms with van der Waals surface area (Å²) in [7, 11) is 0. The van der Waals surface area contributed by atoms with Gasteiger partial charge in [0, 0.05) is 0 Å². The van der Waals surface area contributed by atoms with Crippen LogP contribution >= 0.6 is 27.3 Å². The second kappa shape index (κ2) is 12.3. The van der Waals surface area contributed by atoms with Gasteiger partial charge in [-0.1, -0.05) is 68.9 Å². The summed E-state index contributed by atoms with van der Waals surface area (Å²) in [5.41, 5.74) is 3.85. The minimum absolute atomic E-state index is 0.186. The molecule has 0 unspecified atom stereocenters. The minimum Gasteiger partial charge on any atom is -0.493 e. The number of rotatable bonds is 9. The van der Waals surface area contributed by atoms with E-state index in [0.29, 0.717) is 39.5 Å². The number of allylic oxidation sites excluding steroid dienone is 1. The molecule has 1 aromatic heterocycles. The molecule has 1 aliphatic heterocycles. The Kier molecular flexibility index (Phi) is 9.05. The molecule has 0 saturated carbocycles. The number of esters is 1. The summed E-state index contributed by atoms with van der Waals surface area (Å²) in [4.78, 5) is 32.6. The van der Waals surface area contributed by atoms with Gasteiger partial charge in [-0.25, -0.2) is 9.79 Å². The van der Waals surface area contributed by atoms with Gasteiger partial charge in [-0.3, -0.25) is 9.36 Å². The topological polar surface area (TPSA) is 69.9 Å². The third kappa shape index (κ3) is 5.71. The number of carbonyl (C=O) groups excluding carboxylic acids is 1. The predicted octanol–water partition coefficient (Wildman–Crippen LogP) is 5.86. The molecule has 1 atom stereocenters. The maximum absolute atomic E-state index is 13.9. The number of hydrogen-bond donors (Lipinski definition) is 0. The van der Waals surface area contributed by atoms with E-state index in [2.05, 4.69) is 48.8 Å². The lowest BCUT2D eigenvalue weighted by atomic mass is 9.92. The summed E-state index contributed by atoms with van der Waals surface area (Å²) in [5.74, 6) is 0.691. The van der Waals surface area contributed by atoms with Crippen molar-refractivity contribution in [1.82, 2.24) is 4.57 Å². The lowest BCUT2D eigenvalue weighted by Crippen LogP contribution is -2.40. The van der Waals surface area contributed by atoms with Gasteiger partial charge in [0.2, 0.25) is 0 Å². The summed E-state index contributed by atoms with van der Waals surface area (Å²) in [6.45, 7) is 10.9. The molecular weight excluding hydrogens is 564 g/mol. The number of carbonyl (C=O) groups is 1. The van der Waals surface area contributed by atoms with Gasteiger partial charge in [-0.15, -0.1) is 0 Å². The van der Waals surface area contributed by atoms with E-state index in [9.17, 15) is 9.59 Å². The van der Waals surface area contributed by atoms with Gasteiger partial charge in [-0.2, -0.15) is 0 Å². The number of ether oxygens (including phenoxy) is 2. The first-order valence-electron chi connectivity index (χ1n) is 13.0. The van der Waals surface area contributed by atoms with Crippen molar-refractivity contribution in [1.29, 1.82) is 0 Å². The molecule has 4 rings (SSSR count). The highest BCUT2D eigenvalue weighted by molar-refractivity contribution is 9.10. The highest BCUT2D eigenvalue weighted by Gasteiger charge is 2.34. The molecule has 0 amide bonds. The zero-order valence-corrected chi connectivity index (χ0v) is 24.8. The van der Waals surface area contributed by atoms with Gasteiger partial charge < -0.3 is 9.47 Å². The molecule has 6 nitrogen and oxygen atoms in total. The van der Waals surface area contributed by atoms with Crippen molar-refractivity contribution < 1.29 is 14.3 Å². The van der Waals surface area contributed by atoms with E-state index in [4.69, 9.17) is 14.5 Å². The van der Waals surface area contributed by atoms with Gasteiger partial charge >= 0.3 is 5.97 Å². The summed E-state index contributed by atoms with van der Waals surface area (Å²) in [6.07, 6.45) is 3.29. The standard InChI is InChI=1S/C30H33BrN2O4S/c1-6-9-23-26(29(35)37-8-3)27(21-13-11-20(12-14-21)18(4)5)33-28(34)25(38-30(33)32-23)17-19-10-15-24(36-7-2)22(31)16-19/h10-18,27H,6-9H2,1-5H3/b25-17-/t27-/m0/s1. The van der Waals surface area contributed by atoms with Crippen LogP contribution in [0.4, 0.5) is 0 Å². The largest absolute Gasteiger partial charge is 0.493 e. The Morgan fingerprint density at radius 1 is 1.13 bits per heavy atom. The summed E-state index contributed by atoms with van der Waals surface area (Å²) < 4.78 is 14.1. The van der Waals surface area contributed by atoms with Gasteiger partial charge in [0.05, 0.1) is 39.5 Å².